The first-order valence-corrected chi connectivity index (χ1v) is 13.6. The van der Waals surface area contributed by atoms with E-state index in [0.29, 0.717) is 74.9 Å². The summed E-state index contributed by atoms with van der Waals surface area (Å²) in [5, 5.41) is 25.3. The minimum atomic E-state index is -0.391. The van der Waals surface area contributed by atoms with E-state index in [1.807, 2.05) is 0 Å². The first-order valence-electron chi connectivity index (χ1n) is 12.0. The molecule has 2 aromatic rings. The van der Waals surface area contributed by atoms with Gasteiger partial charge in [0.05, 0.1) is 21.2 Å². The van der Waals surface area contributed by atoms with Crippen LogP contribution in [0.3, 0.4) is 0 Å². The van der Waals surface area contributed by atoms with Crippen LogP contribution in [0.2, 0.25) is 0 Å². The summed E-state index contributed by atoms with van der Waals surface area (Å²) in [6, 6.07) is 3.79. The molecule has 1 aliphatic heterocycles. The Balaban J connectivity index is 2.05. The van der Waals surface area contributed by atoms with Crippen LogP contribution in [-0.4, -0.2) is 68.8 Å². The summed E-state index contributed by atoms with van der Waals surface area (Å²) in [7, 11) is 3.27. The molecule has 0 unspecified atom stereocenters. The molecule has 13 heteroatoms. The van der Waals surface area contributed by atoms with Gasteiger partial charge in [-0.3, -0.25) is 14.5 Å². The van der Waals surface area contributed by atoms with E-state index in [1.54, 1.807) is 34.1 Å². The zero-order valence-corrected chi connectivity index (χ0v) is 24.8. The summed E-state index contributed by atoms with van der Waals surface area (Å²) in [5.74, 6) is 0.148. The van der Waals surface area contributed by atoms with Gasteiger partial charge in [-0.05, 0) is 64.6 Å². The van der Waals surface area contributed by atoms with Crippen molar-refractivity contribution in [1.82, 2.24) is 9.88 Å². The van der Waals surface area contributed by atoms with E-state index < -0.39 is 5.91 Å². The average Bonchev–Trinajstić information content (AvgIpc) is 3.14. The number of fused-ring (bicyclic) bond motifs is 1. The van der Waals surface area contributed by atoms with Gasteiger partial charge in [0.25, 0.3) is 11.8 Å². The van der Waals surface area contributed by atoms with Crippen molar-refractivity contribution in [2.45, 2.75) is 26.7 Å². The van der Waals surface area contributed by atoms with Gasteiger partial charge in [-0.2, -0.15) is 5.26 Å². The number of anilines is 2. The highest BCUT2D eigenvalue weighted by molar-refractivity contribution is 9.11. The summed E-state index contributed by atoms with van der Waals surface area (Å²) < 4.78 is 11.1. The molecule has 2 N–H and O–H groups in total. The Bertz CT molecular complexity index is 1290. The predicted octanol–water partition coefficient (Wildman–Crippen LogP) is 5.71. The van der Waals surface area contributed by atoms with Gasteiger partial charge in [-0.1, -0.05) is 0 Å². The molecule has 1 aromatic carbocycles. The fraction of sp³-hybridized carbons (Fsp3) is 0.440. The van der Waals surface area contributed by atoms with Crippen molar-refractivity contribution in [1.29, 1.82) is 5.26 Å². The summed E-state index contributed by atoms with van der Waals surface area (Å²) in [4.78, 5) is 31.3. The molecule has 11 nitrogen and oxygen atoms in total. The summed E-state index contributed by atoms with van der Waals surface area (Å²) in [6.07, 6.45) is 1.48. The highest BCUT2D eigenvalue weighted by atomic mass is 79.9. The number of amides is 2. The van der Waals surface area contributed by atoms with Crippen molar-refractivity contribution >= 4 is 66.7 Å². The van der Waals surface area contributed by atoms with E-state index in [4.69, 9.17) is 9.47 Å². The van der Waals surface area contributed by atoms with Gasteiger partial charge < -0.3 is 20.1 Å². The Hall–Kier alpha value is -2.92. The number of hydrogen-bond acceptors (Lipinski definition) is 10. The number of methoxy groups -OCH3 is 2. The normalized spacial score (nSPS) is 12.8. The molecule has 202 valence electrons. The number of carbonyl (C=O) groups excluding carboxylic acids is 2. The van der Waals surface area contributed by atoms with Gasteiger partial charge in [-0.25, -0.2) is 4.98 Å². The Morgan fingerprint density at radius 3 is 2.21 bits per heavy atom. The molecule has 3 rings (SSSR count). The number of nitrogens with zero attached hydrogens (tertiary/aromatic N) is 5. The van der Waals surface area contributed by atoms with Gasteiger partial charge in [0.1, 0.15) is 23.3 Å². The zero-order chi connectivity index (χ0) is 27.8. The average molecular weight is 651 g/mol. The lowest BCUT2D eigenvalue weighted by Crippen LogP contribution is -2.29. The third-order valence-electron chi connectivity index (χ3n) is 5.86. The Morgan fingerprint density at radius 2 is 1.63 bits per heavy atom. The number of pyridine rings is 1. The number of carbonyl (C=O) groups is 2. The van der Waals surface area contributed by atoms with Crippen LogP contribution in [0.15, 0.2) is 25.2 Å². The number of nitrogens with one attached hydrogen (secondary N) is 2. The Labute approximate surface area is 238 Å². The SMILES string of the molecule is CCN1C(=O)c2cc(Br)c(N=Nc3c(NCCCOC)nc(NCCCOC)c(C#N)c3C)c(Br)c2C1=O. The largest absolute Gasteiger partial charge is 0.385 e. The fourth-order valence-corrected chi connectivity index (χ4v) is 5.34. The molecule has 0 atom stereocenters. The maximum absolute atomic E-state index is 12.8. The van der Waals surface area contributed by atoms with Crippen molar-refractivity contribution in [3.8, 4) is 6.07 Å². The van der Waals surface area contributed by atoms with Gasteiger partial charge in [0, 0.05) is 57.1 Å². The molecule has 2 heterocycles. The first-order chi connectivity index (χ1) is 18.3. The molecule has 0 saturated heterocycles. The quantitative estimate of drug-likeness (QED) is 0.159. The highest BCUT2D eigenvalue weighted by Gasteiger charge is 2.38. The number of benzene rings is 1. The second kappa shape index (κ2) is 13.7. The molecule has 0 spiro atoms. The first kappa shape index (κ1) is 29.6. The Kier molecular flexibility index (Phi) is 10.7. The molecule has 2 amide bonds. The van der Waals surface area contributed by atoms with Crippen molar-refractivity contribution in [3.05, 3.63) is 37.3 Å². The molecule has 0 saturated carbocycles. The molecule has 1 aliphatic rings. The topological polar surface area (TPSA) is 141 Å². The minimum absolute atomic E-state index is 0.245. The van der Waals surface area contributed by atoms with Crippen LogP contribution in [0, 0.1) is 18.3 Å². The molecule has 0 radical (unpaired) electrons. The monoisotopic (exact) mass is 649 g/mol. The second-order valence-corrected chi connectivity index (χ2v) is 9.96. The van der Waals surface area contributed by atoms with Crippen LogP contribution < -0.4 is 10.6 Å². The Morgan fingerprint density at radius 1 is 1.03 bits per heavy atom. The molecule has 0 fully saturated rings. The van der Waals surface area contributed by atoms with E-state index in [1.165, 1.54) is 4.90 Å². The van der Waals surface area contributed by atoms with E-state index in [2.05, 4.69) is 63.8 Å². The zero-order valence-electron chi connectivity index (χ0n) is 21.7. The number of imide groups is 1. The second-order valence-electron chi connectivity index (χ2n) is 8.31. The summed E-state index contributed by atoms with van der Waals surface area (Å²) >= 11 is 6.91. The third-order valence-corrected chi connectivity index (χ3v) is 7.23. The van der Waals surface area contributed by atoms with Gasteiger partial charge in [-0.15, -0.1) is 10.2 Å². The molecule has 0 bridgehead atoms. The van der Waals surface area contributed by atoms with Crippen LogP contribution in [0.25, 0.3) is 0 Å². The van der Waals surface area contributed by atoms with Gasteiger partial charge in [0.2, 0.25) is 0 Å². The van der Waals surface area contributed by atoms with Crippen LogP contribution in [0.5, 0.6) is 0 Å². The maximum Gasteiger partial charge on any atom is 0.262 e. The highest BCUT2D eigenvalue weighted by Crippen LogP contribution is 2.43. The molecular formula is C25H29Br2N7O4. The standard InChI is InChI=1S/C25H29Br2N7O4/c1-5-34-24(35)15-12-17(26)21(19(27)18(15)25(34)36)33-32-20-14(2)16(13-28)22(29-8-6-10-37-3)31-23(20)30-9-7-11-38-4/h12H,5-11H2,1-4H3,(H2,29,30,31). The van der Waals surface area contributed by atoms with Crippen molar-refractivity contribution < 1.29 is 19.1 Å². The van der Waals surface area contributed by atoms with Crippen molar-refractivity contribution in [2.24, 2.45) is 10.2 Å². The third kappa shape index (κ3) is 6.20. The molecule has 38 heavy (non-hydrogen) atoms. The number of ether oxygens (including phenoxy) is 2. The molecule has 0 aliphatic carbocycles. The molecular weight excluding hydrogens is 622 g/mol. The predicted molar refractivity (Wildman–Crippen MR) is 151 cm³/mol. The summed E-state index contributed by atoms with van der Waals surface area (Å²) in [5.41, 5.74) is 2.21. The van der Waals surface area contributed by atoms with Crippen LogP contribution >= 0.6 is 31.9 Å². The number of hydrogen-bond donors (Lipinski definition) is 2. The van der Waals surface area contributed by atoms with Crippen LogP contribution in [-0.2, 0) is 9.47 Å². The van der Waals surface area contributed by atoms with Gasteiger partial charge in [0.15, 0.2) is 5.82 Å². The minimum Gasteiger partial charge on any atom is -0.385 e. The van der Waals surface area contributed by atoms with E-state index in [0.717, 1.165) is 12.8 Å². The number of aromatic nitrogens is 1. The van der Waals surface area contributed by atoms with Gasteiger partial charge >= 0.3 is 0 Å². The maximum atomic E-state index is 12.8. The number of rotatable bonds is 13. The van der Waals surface area contributed by atoms with Crippen molar-refractivity contribution in [2.75, 3.05) is 57.7 Å². The van der Waals surface area contributed by atoms with E-state index in [-0.39, 0.29) is 18.0 Å². The fourth-order valence-electron chi connectivity index (χ4n) is 3.89. The van der Waals surface area contributed by atoms with E-state index in [9.17, 15) is 14.9 Å². The van der Waals surface area contributed by atoms with E-state index >= 15 is 0 Å². The van der Waals surface area contributed by atoms with Crippen LogP contribution in [0.4, 0.5) is 23.0 Å². The lowest BCUT2D eigenvalue weighted by Gasteiger charge is -2.15. The number of halogens is 2. The van der Waals surface area contributed by atoms with Crippen molar-refractivity contribution in [3.63, 3.8) is 0 Å². The lowest BCUT2D eigenvalue weighted by molar-refractivity contribution is 0.0662. The molecule has 1 aromatic heterocycles. The smallest absolute Gasteiger partial charge is 0.262 e. The summed E-state index contributed by atoms with van der Waals surface area (Å²) in [6.45, 7) is 6.07. The van der Waals surface area contributed by atoms with Crippen LogP contribution in [0.1, 0.15) is 51.6 Å². The number of azo groups is 1. The lowest BCUT2D eigenvalue weighted by atomic mass is 10.1. The number of nitriles is 1.